The second kappa shape index (κ2) is 6.27. The minimum absolute atomic E-state index is 0.0494. The van der Waals surface area contributed by atoms with Gasteiger partial charge in [-0.15, -0.1) is 0 Å². The summed E-state index contributed by atoms with van der Waals surface area (Å²) in [7, 11) is 1.60. The Morgan fingerprint density at radius 1 is 1.47 bits per heavy atom. The van der Waals surface area contributed by atoms with Gasteiger partial charge in [-0.3, -0.25) is 4.79 Å². The van der Waals surface area contributed by atoms with Gasteiger partial charge in [-0.1, -0.05) is 15.9 Å². The van der Waals surface area contributed by atoms with E-state index in [0.29, 0.717) is 16.7 Å². The molecule has 1 saturated carbocycles. The fourth-order valence-electron chi connectivity index (χ4n) is 2.06. The van der Waals surface area contributed by atoms with Crippen LogP contribution in [0.25, 0.3) is 0 Å². The molecule has 0 radical (unpaired) electrons. The molecular formula is C14H17Br2NO2. The van der Waals surface area contributed by atoms with Crippen molar-refractivity contribution in [2.75, 3.05) is 19.0 Å². The lowest BCUT2D eigenvalue weighted by atomic mass is 10.0. The van der Waals surface area contributed by atoms with Crippen LogP contribution in [0.2, 0.25) is 0 Å². The molecule has 0 bridgehead atoms. The Bertz CT molecular complexity index is 473. The standard InChI is InChI=1S/C14H17Br2NO2/c1-19-10-2-3-12(16)11(8-10)13(18)17-9-14(4-5-14)6-7-15/h2-3,8H,4-7,9H2,1H3,(H,17,18). The van der Waals surface area contributed by atoms with Crippen LogP contribution in [0.1, 0.15) is 29.6 Å². The second-order valence-corrected chi connectivity index (χ2v) is 6.61. The smallest absolute Gasteiger partial charge is 0.252 e. The van der Waals surface area contributed by atoms with Crippen LogP contribution in [0.4, 0.5) is 0 Å². The van der Waals surface area contributed by atoms with Gasteiger partial charge in [0.1, 0.15) is 5.75 Å². The average Bonchev–Trinajstić information content (AvgIpc) is 3.17. The van der Waals surface area contributed by atoms with Gasteiger partial charge in [-0.05, 0) is 58.8 Å². The van der Waals surface area contributed by atoms with Crippen molar-refractivity contribution in [3.05, 3.63) is 28.2 Å². The fourth-order valence-corrected chi connectivity index (χ4v) is 3.33. The van der Waals surface area contributed by atoms with Crippen molar-refractivity contribution in [3.8, 4) is 5.75 Å². The zero-order valence-corrected chi connectivity index (χ0v) is 14.0. The number of benzene rings is 1. The SMILES string of the molecule is COc1ccc(Br)c(C(=O)NCC2(CCBr)CC2)c1. The quantitative estimate of drug-likeness (QED) is 0.751. The van der Waals surface area contributed by atoms with E-state index in [4.69, 9.17) is 4.74 Å². The molecule has 1 aromatic carbocycles. The van der Waals surface area contributed by atoms with Gasteiger partial charge in [0.05, 0.1) is 12.7 Å². The molecule has 1 aliphatic rings. The molecule has 0 saturated heterocycles. The maximum absolute atomic E-state index is 12.2. The van der Waals surface area contributed by atoms with Gasteiger partial charge in [0.15, 0.2) is 0 Å². The molecule has 0 atom stereocenters. The highest BCUT2D eigenvalue weighted by atomic mass is 79.9. The number of carbonyl (C=O) groups excluding carboxylic acids is 1. The predicted molar refractivity (Wildman–Crippen MR) is 83.1 cm³/mol. The van der Waals surface area contributed by atoms with Crippen LogP contribution in [-0.4, -0.2) is 24.9 Å². The van der Waals surface area contributed by atoms with E-state index in [9.17, 15) is 4.79 Å². The largest absolute Gasteiger partial charge is 0.497 e. The summed E-state index contributed by atoms with van der Waals surface area (Å²) in [6, 6.07) is 5.41. The van der Waals surface area contributed by atoms with Gasteiger partial charge < -0.3 is 10.1 Å². The Labute approximate surface area is 130 Å². The lowest BCUT2D eigenvalue weighted by molar-refractivity contribution is 0.0943. The van der Waals surface area contributed by atoms with E-state index in [0.717, 1.165) is 22.8 Å². The van der Waals surface area contributed by atoms with E-state index in [1.807, 2.05) is 12.1 Å². The maximum Gasteiger partial charge on any atom is 0.252 e. The Hall–Kier alpha value is -0.550. The van der Waals surface area contributed by atoms with Gasteiger partial charge >= 0.3 is 0 Å². The van der Waals surface area contributed by atoms with Crippen molar-refractivity contribution in [3.63, 3.8) is 0 Å². The highest BCUT2D eigenvalue weighted by Gasteiger charge is 2.41. The Morgan fingerprint density at radius 3 is 2.79 bits per heavy atom. The summed E-state index contributed by atoms with van der Waals surface area (Å²) in [5, 5.41) is 4.03. The summed E-state index contributed by atoms with van der Waals surface area (Å²) < 4.78 is 5.94. The van der Waals surface area contributed by atoms with Crippen LogP contribution < -0.4 is 10.1 Å². The summed E-state index contributed by atoms with van der Waals surface area (Å²) in [5.74, 6) is 0.640. The molecule has 0 heterocycles. The molecule has 5 heteroatoms. The Balaban J connectivity index is 2.00. The van der Waals surface area contributed by atoms with Crippen LogP contribution in [0, 0.1) is 5.41 Å². The van der Waals surface area contributed by atoms with Gasteiger partial charge in [0.25, 0.3) is 5.91 Å². The van der Waals surface area contributed by atoms with E-state index in [-0.39, 0.29) is 5.91 Å². The molecule has 0 aliphatic heterocycles. The number of nitrogens with one attached hydrogen (secondary N) is 1. The number of hydrogen-bond donors (Lipinski definition) is 1. The third-order valence-corrected chi connectivity index (χ3v) is 4.71. The number of hydrogen-bond acceptors (Lipinski definition) is 2. The number of ether oxygens (including phenoxy) is 1. The third-order valence-electron chi connectivity index (χ3n) is 3.62. The number of halogens is 2. The van der Waals surface area contributed by atoms with E-state index < -0.39 is 0 Å². The number of carbonyl (C=O) groups is 1. The van der Waals surface area contributed by atoms with Crippen molar-refractivity contribution in [1.82, 2.24) is 5.32 Å². The van der Waals surface area contributed by atoms with Crippen molar-refractivity contribution >= 4 is 37.8 Å². The predicted octanol–water partition coefficient (Wildman–Crippen LogP) is 3.75. The lowest BCUT2D eigenvalue weighted by Gasteiger charge is -2.15. The van der Waals surface area contributed by atoms with E-state index in [1.165, 1.54) is 12.8 Å². The molecule has 1 aromatic rings. The number of alkyl halides is 1. The molecule has 1 aliphatic carbocycles. The zero-order valence-electron chi connectivity index (χ0n) is 10.8. The topological polar surface area (TPSA) is 38.3 Å². The van der Waals surface area contributed by atoms with Crippen LogP contribution in [0.3, 0.4) is 0 Å². The first kappa shape index (κ1) is 14.9. The molecule has 104 valence electrons. The second-order valence-electron chi connectivity index (χ2n) is 4.97. The molecular weight excluding hydrogens is 374 g/mol. The molecule has 19 heavy (non-hydrogen) atoms. The summed E-state index contributed by atoms with van der Waals surface area (Å²) in [6.45, 7) is 0.751. The minimum Gasteiger partial charge on any atom is -0.497 e. The minimum atomic E-state index is -0.0494. The first-order valence-corrected chi connectivity index (χ1v) is 8.19. The third kappa shape index (κ3) is 3.72. The Kier molecular flexibility index (Phi) is 4.90. The molecule has 1 N–H and O–H groups in total. The van der Waals surface area contributed by atoms with Gasteiger partial charge in [-0.2, -0.15) is 0 Å². The summed E-state index contributed by atoms with van der Waals surface area (Å²) in [4.78, 5) is 12.2. The average molecular weight is 391 g/mol. The molecule has 0 aromatic heterocycles. The zero-order chi connectivity index (χ0) is 13.9. The van der Waals surface area contributed by atoms with Crippen molar-refractivity contribution in [2.24, 2.45) is 5.41 Å². The maximum atomic E-state index is 12.2. The molecule has 1 fully saturated rings. The first-order valence-electron chi connectivity index (χ1n) is 6.28. The van der Waals surface area contributed by atoms with Gasteiger partial charge in [0, 0.05) is 16.3 Å². The van der Waals surface area contributed by atoms with E-state index in [2.05, 4.69) is 37.2 Å². The van der Waals surface area contributed by atoms with Gasteiger partial charge in [0.2, 0.25) is 0 Å². The van der Waals surface area contributed by atoms with E-state index in [1.54, 1.807) is 13.2 Å². The molecule has 3 nitrogen and oxygen atoms in total. The van der Waals surface area contributed by atoms with Crippen molar-refractivity contribution in [1.29, 1.82) is 0 Å². The van der Waals surface area contributed by atoms with Crippen molar-refractivity contribution in [2.45, 2.75) is 19.3 Å². The molecule has 0 unspecified atom stereocenters. The van der Waals surface area contributed by atoms with Crippen molar-refractivity contribution < 1.29 is 9.53 Å². The molecule has 0 spiro atoms. The molecule has 1 amide bonds. The summed E-state index contributed by atoms with van der Waals surface area (Å²) in [6.07, 6.45) is 3.53. The summed E-state index contributed by atoms with van der Waals surface area (Å²) in [5.41, 5.74) is 0.943. The van der Waals surface area contributed by atoms with Crippen LogP contribution in [0.15, 0.2) is 22.7 Å². The van der Waals surface area contributed by atoms with E-state index >= 15 is 0 Å². The number of methoxy groups -OCH3 is 1. The normalized spacial score (nSPS) is 15.9. The number of rotatable bonds is 6. The summed E-state index contributed by atoms with van der Waals surface area (Å²) >= 11 is 6.87. The number of amides is 1. The van der Waals surface area contributed by atoms with Crippen LogP contribution in [0.5, 0.6) is 5.75 Å². The monoisotopic (exact) mass is 389 g/mol. The van der Waals surface area contributed by atoms with Gasteiger partial charge in [-0.25, -0.2) is 0 Å². The first-order chi connectivity index (χ1) is 9.10. The lowest BCUT2D eigenvalue weighted by Crippen LogP contribution is -2.30. The highest BCUT2D eigenvalue weighted by Crippen LogP contribution is 2.48. The molecule has 2 rings (SSSR count). The van der Waals surface area contributed by atoms with Crippen LogP contribution >= 0.6 is 31.9 Å². The Morgan fingerprint density at radius 2 is 2.21 bits per heavy atom. The van der Waals surface area contributed by atoms with Crippen LogP contribution in [-0.2, 0) is 0 Å². The fraction of sp³-hybridized carbons (Fsp3) is 0.500. The highest BCUT2D eigenvalue weighted by molar-refractivity contribution is 9.10.